The van der Waals surface area contributed by atoms with Crippen molar-refractivity contribution in [3.05, 3.63) is 58.6 Å². The Morgan fingerprint density at radius 1 is 1.05 bits per heavy atom. The Morgan fingerprint density at radius 3 is 2.52 bits per heavy atom. The molecule has 0 spiro atoms. The number of alkyl halides is 1. The van der Waals surface area contributed by atoms with Gasteiger partial charge in [0.1, 0.15) is 23.0 Å². The molecule has 0 amide bonds. The minimum absolute atomic E-state index is 0.0330. The molecule has 2 nitrogen and oxygen atoms in total. The zero-order valence-corrected chi connectivity index (χ0v) is 11.9. The molecule has 0 fully saturated rings. The van der Waals surface area contributed by atoms with Crippen LogP contribution < -0.4 is 0 Å². The van der Waals surface area contributed by atoms with Gasteiger partial charge in [-0.2, -0.15) is 0 Å². The van der Waals surface area contributed by atoms with E-state index in [1.807, 2.05) is 0 Å². The van der Waals surface area contributed by atoms with Gasteiger partial charge in [0.25, 0.3) is 0 Å². The van der Waals surface area contributed by atoms with Gasteiger partial charge in [-0.1, -0.05) is 11.6 Å². The summed E-state index contributed by atoms with van der Waals surface area (Å²) in [6, 6.07) is 5.67. The Labute approximate surface area is 127 Å². The Balaban J connectivity index is 2.43. The van der Waals surface area contributed by atoms with E-state index in [1.54, 1.807) is 0 Å². The van der Waals surface area contributed by atoms with Crippen LogP contribution in [0, 0.1) is 17.5 Å². The van der Waals surface area contributed by atoms with Gasteiger partial charge in [-0.3, -0.25) is 4.57 Å². The van der Waals surface area contributed by atoms with Crippen molar-refractivity contribution in [2.45, 2.75) is 5.88 Å². The second kappa shape index (κ2) is 5.24. The number of hydrogen-bond acceptors (Lipinski definition) is 1. The average Bonchev–Trinajstić information content (AvgIpc) is 2.80. The van der Waals surface area contributed by atoms with Gasteiger partial charge in [-0.05, 0) is 18.2 Å². The number of nitrogens with zero attached hydrogens (tertiary/aromatic N) is 2. The fraction of sp³-hybridized carbons (Fsp3) is 0.0714. The van der Waals surface area contributed by atoms with Crippen LogP contribution in [0.4, 0.5) is 13.2 Å². The number of benzene rings is 2. The monoisotopic (exact) mass is 330 g/mol. The maximum atomic E-state index is 14.0. The first kappa shape index (κ1) is 14.2. The Morgan fingerprint density at radius 2 is 1.81 bits per heavy atom. The normalized spacial score (nSPS) is 11.3. The molecule has 3 rings (SSSR count). The van der Waals surface area contributed by atoms with Crippen LogP contribution in [0.25, 0.3) is 16.7 Å². The fourth-order valence-electron chi connectivity index (χ4n) is 2.17. The average molecular weight is 331 g/mol. The largest absolute Gasteiger partial charge is 0.292 e. The molecule has 1 aromatic heterocycles. The molecule has 0 bridgehead atoms. The van der Waals surface area contributed by atoms with Crippen LogP contribution in [0.1, 0.15) is 5.82 Å². The third-order valence-corrected chi connectivity index (χ3v) is 3.49. The molecule has 0 saturated carbocycles. The molecular weight excluding hydrogens is 324 g/mol. The molecule has 7 heteroatoms. The van der Waals surface area contributed by atoms with Crippen molar-refractivity contribution in [2.75, 3.05) is 0 Å². The van der Waals surface area contributed by atoms with E-state index in [0.717, 1.165) is 12.1 Å². The molecule has 0 aliphatic rings. The summed E-state index contributed by atoms with van der Waals surface area (Å²) in [7, 11) is 0. The Kier molecular flexibility index (Phi) is 3.55. The highest BCUT2D eigenvalue weighted by atomic mass is 35.5. The first-order valence-electron chi connectivity index (χ1n) is 5.89. The Bertz CT molecular complexity index is 846. The van der Waals surface area contributed by atoms with Gasteiger partial charge >= 0.3 is 0 Å². The van der Waals surface area contributed by atoms with Gasteiger partial charge < -0.3 is 0 Å². The molecule has 3 aromatic rings. The van der Waals surface area contributed by atoms with E-state index in [4.69, 9.17) is 23.2 Å². The fourth-order valence-corrected chi connectivity index (χ4v) is 2.51. The van der Waals surface area contributed by atoms with E-state index in [2.05, 4.69) is 4.98 Å². The standard InChI is InChI=1S/C14H7Cl2F3N2/c15-6-13-20-14-10(19)4-8(17)5-12(14)21(13)11-3-7(16)1-2-9(11)18/h1-5H,6H2. The van der Waals surface area contributed by atoms with Crippen molar-refractivity contribution >= 4 is 34.2 Å². The van der Waals surface area contributed by atoms with Crippen molar-refractivity contribution in [2.24, 2.45) is 0 Å². The summed E-state index contributed by atoms with van der Waals surface area (Å²) in [5, 5.41) is 0.283. The lowest BCUT2D eigenvalue weighted by atomic mass is 10.2. The van der Waals surface area contributed by atoms with Crippen LogP contribution in [0.3, 0.4) is 0 Å². The van der Waals surface area contributed by atoms with Crippen molar-refractivity contribution < 1.29 is 13.2 Å². The number of halogens is 5. The van der Waals surface area contributed by atoms with Crippen LogP contribution in [-0.4, -0.2) is 9.55 Å². The predicted molar refractivity (Wildman–Crippen MR) is 75.5 cm³/mol. The molecule has 0 aliphatic heterocycles. The molecule has 21 heavy (non-hydrogen) atoms. The van der Waals surface area contributed by atoms with Gasteiger partial charge in [0.05, 0.1) is 17.1 Å². The van der Waals surface area contributed by atoms with Gasteiger partial charge in [0, 0.05) is 17.2 Å². The summed E-state index contributed by atoms with van der Waals surface area (Å²) in [5.74, 6) is -2.13. The van der Waals surface area contributed by atoms with E-state index < -0.39 is 17.5 Å². The van der Waals surface area contributed by atoms with Crippen LogP contribution >= 0.6 is 23.2 Å². The maximum absolute atomic E-state index is 14.0. The highest BCUT2D eigenvalue weighted by Crippen LogP contribution is 2.28. The third-order valence-electron chi connectivity index (χ3n) is 3.02. The smallest absolute Gasteiger partial charge is 0.153 e. The number of aromatic nitrogens is 2. The van der Waals surface area contributed by atoms with E-state index in [-0.39, 0.29) is 33.4 Å². The van der Waals surface area contributed by atoms with Gasteiger partial charge in [-0.25, -0.2) is 18.2 Å². The van der Waals surface area contributed by atoms with Crippen molar-refractivity contribution in [1.82, 2.24) is 9.55 Å². The minimum atomic E-state index is -0.836. The summed E-state index contributed by atoms with van der Waals surface area (Å²) in [5.41, 5.74) is 0.0430. The van der Waals surface area contributed by atoms with E-state index in [9.17, 15) is 13.2 Å². The third kappa shape index (κ3) is 2.36. The maximum Gasteiger partial charge on any atom is 0.153 e. The van der Waals surface area contributed by atoms with Crippen molar-refractivity contribution in [3.8, 4) is 5.69 Å². The SMILES string of the molecule is Fc1cc(F)c2nc(CCl)n(-c3cc(Cl)ccc3F)c2c1. The molecule has 2 aromatic carbocycles. The second-order valence-electron chi connectivity index (χ2n) is 4.35. The van der Waals surface area contributed by atoms with Crippen molar-refractivity contribution in [1.29, 1.82) is 0 Å². The quantitative estimate of drug-likeness (QED) is 0.615. The number of rotatable bonds is 2. The molecule has 0 radical (unpaired) electrons. The van der Waals surface area contributed by atoms with Crippen molar-refractivity contribution in [3.63, 3.8) is 0 Å². The predicted octanol–water partition coefficient (Wildman–Crippen LogP) is 4.84. The molecule has 0 aliphatic carbocycles. The van der Waals surface area contributed by atoms with Gasteiger partial charge in [0.15, 0.2) is 5.82 Å². The first-order chi connectivity index (χ1) is 10.0. The summed E-state index contributed by atoms with van der Waals surface area (Å²) >= 11 is 11.6. The summed E-state index contributed by atoms with van der Waals surface area (Å²) in [6.45, 7) is 0. The van der Waals surface area contributed by atoms with E-state index >= 15 is 0 Å². The molecule has 0 atom stereocenters. The summed E-state index contributed by atoms with van der Waals surface area (Å²) < 4.78 is 42.5. The molecule has 1 heterocycles. The topological polar surface area (TPSA) is 17.8 Å². The highest BCUT2D eigenvalue weighted by molar-refractivity contribution is 6.30. The van der Waals surface area contributed by atoms with Crippen LogP contribution in [-0.2, 0) is 5.88 Å². The van der Waals surface area contributed by atoms with E-state index in [1.165, 1.54) is 16.7 Å². The lowest BCUT2D eigenvalue weighted by molar-refractivity contribution is 0.590. The molecular formula is C14H7Cl2F3N2. The minimum Gasteiger partial charge on any atom is -0.292 e. The highest BCUT2D eigenvalue weighted by Gasteiger charge is 2.18. The first-order valence-corrected chi connectivity index (χ1v) is 6.80. The van der Waals surface area contributed by atoms with Gasteiger partial charge in [0.2, 0.25) is 0 Å². The number of fused-ring (bicyclic) bond motifs is 1. The summed E-state index contributed by atoms with van der Waals surface area (Å²) in [6.07, 6.45) is 0. The van der Waals surface area contributed by atoms with Crippen LogP contribution in [0.15, 0.2) is 30.3 Å². The molecule has 0 N–H and O–H groups in total. The lowest BCUT2D eigenvalue weighted by Crippen LogP contribution is -2.02. The zero-order chi connectivity index (χ0) is 15.1. The number of hydrogen-bond donors (Lipinski definition) is 0. The van der Waals surface area contributed by atoms with Crippen LogP contribution in [0.2, 0.25) is 5.02 Å². The number of imidazole rings is 1. The zero-order valence-electron chi connectivity index (χ0n) is 10.4. The summed E-state index contributed by atoms with van der Waals surface area (Å²) in [4.78, 5) is 4.00. The Hall–Kier alpha value is -1.72. The van der Waals surface area contributed by atoms with E-state index in [0.29, 0.717) is 6.07 Å². The van der Waals surface area contributed by atoms with Gasteiger partial charge in [-0.15, -0.1) is 11.6 Å². The molecule has 0 saturated heterocycles. The molecule has 0 unspecified atom stereocenters. The molecule has 108 valence electrons. The lowest BCUT2D eigenvalue weighted by Gasteiger charge is -2.09. The van der Waals surface area contributed by atoms with Crippen LogP contribution in [0.5, 0.6) is 0 Å². The second-order valence-corrected chi connectivity index (χ2v) is 5.05.